The van der Waals surface area contributed by atoms with Gasteiger partial charge < -0.3 is 9.64 Å². The van der Waals surface area contributed by atoms with Gasteiger partial charge in [0.1, 0.15) is 5.60 Å². The van der Waals surface area contributed by atoms with Crippen molar-refractivity contribution in [2.45, 2.75) is 45.6 Å². The lowest BCUT2D eigenvalue weighted by atomic mass is 9.93. The van der Waals surface area contributed by atoms with Crippen molar-refractivity contribution in [1.29, 1.82) is 0 Å². The van der Waals surface area contributed by atoms with E-state index < -0.39 is 5.60 Å². The van der Waals surface area contributed by atoms with Gasteiger partial charge in [-0.15, -0.1) is 0 Å². The van der Waals surface area contributed by atoms with Crippen LogP contribution in [-0.2, 0) is 11.2 Å². The molecular formula is C22H27N5O2. The second-order valence-electron chi connectivity index (χ2n) is 8.60. The molecule has 1 fully saturated rings. The molecule has 7 nitrogen and oxygen atoms in total. The molecular weight excluding hydrogens is 366 g/mol. The third-order valence-corrected chi connectivity index (χ3v) is 5.05. The molecule has 3 aromatic rings. The van der Waals surface area contributed by atoms with E-state index in [2.05, 4.69) is 10.1 Å². The van der Waals surface area contributed by atoms with Crippen LogP contribution >= 0.6 is 0 Å². The molecule has 1 aliphatic rings. The van der Waals surface area contributed by atoms with Gasteiger partial charge in [0.2, 0.25) is 0 Å². The molecule has 0 aliphatic carbocycles. The highest BCUT2D eigenvalue weighted by Gasteiger charge is 2.28. The zero-order valence-corrected chi connectivity index (χ0v) is 17.2. The quantitative estimate of drug-likeness (QED) is 0.673. The van der Waals surface area contributed by atoms with Crippen LogP contribution in [-0.4, -0.2) is 49.3 Å². The van der Waals surface area contributed by atoms with Crippen molar-refractivity contribution in [3.63, 3.8) is 0 Å². The van der Waals surface area contributed by atoms with Gasteiger partial charge in [0.15, 0.2) is 5.82 Å². The van der Waals surface area contributed by atoms with Gasteiger partial charge in [-0.3, -0.25) is 0 Å². The van der Waals surface area contributed by atoms with Crippen LogP contribution in [0.2, 0.25) is 0 Å². The van der Waals surface area contributed by atoms with Crippen LogP contribution in [0.1, 0.15) is 39.3 Å². The molecule has 4 heterocycles. The van der Waals surface area contributed by atoms with E-state index in [9.17, 15) is 4.79 Å². The SMILES string of the molecule is CC(C)(C)OC(=O)N1CCC[C@@H](Cc2ccnc(-c3cnn4ccccc34)n2)C1. The van der Waals surface area contributed by atoms with Gasteiger partial charge in [0, 0.05) is 31.2 Å². The Kier molecular flexibility index (Phi) is 5.22. The van der Waals surface area contributed by atoms with E-state index >= 15 is 0 Å². The van der Waals surface area contributed by atoms with Crippen molar-refractivity contribution in [3.8, 4) is 11.4 Å². The molecule has 152 valence electrons. The molecule has 3 aromatic heterocycles. The molecule has 1 aliphatic heterocycles. The number of ether oxygens (including phenoxy) is 1. The summed E-state index contributed by atoms with van der Waals surface area (Å²) in [6.07, 6.45) is 8.17. The molecule has 0 saturated carbocycles. The first-order valence-electron chi connectivity index (χ1n) is 10.1. The number of carbonyl (C=O) groups excluding carboxylic acids is 1. The summed E-state index contributed by atoms with van der Waals surface area (Å²) in [5.74, 6) is 1.05. The fourth-order valence-corrected chi connectivity index (χ4v) is 3.77. The van der Waals surface area contributed by atoms with Crippen molar-refractivity contribution in [1.82, 2.24) is 24.5 Å². The maximum absolute atomic E-state index is 12.4. The number of piperidine rings is 1. The molecule has 7 heteroatoms. The lowest BCUT2D eigenvalue weighted by molar-refractivity contribution is 0.0165. The number of pyridine rings is 1. The van der Waals surface area contributed by atoms with Crippen LogP contribution in [0.3, 0.4) is 0 Å². The largest absolute Gasteiger partial charge is 0.444 e. The minimum Gasteiger partial charge on any atom is -0.444 e. The third kappa shape index (κ3) is 4.55. The third-order valence-electron chi connectivity index (χ3n) is 5.05. The van der Waals surface area contributed by atoms with E-state index in [1.54, 1.807) is 12.4 Å². The number of hydrogen-bond donors (Lipinski definition) is 0. The van der Waals surface area contributed by atoms with Crippen molar-refractivity contribution in [2.75, 3.05) is 13.1 Å². The second-order valence-corrected chi connectivity index (χ2v) is 8.60. The van der Waals surface area contributed by atoms with Gasteiger partial charge in [-0.1, -0.05) is 6.07 Å². The molecule has 0 N–H and O–H groups in total. The molecule has 0 bridgehead atoms. The summed E-state index contributed by atoms with van der Waals surface area (Å²) >= 11 is 0. The number of nitrogens with zero attached hydrogens (tertiary/aromatic N) is 5. The molecule has 29 heavy (non-hydrogen) atoms. The summed E-state index contributed by atoms with van der Waals surface area (Å²) in [5.41, 5.74) is 2.42. The number of fused-ring (bicyclic) bond motifs is 1. The highest BCUT2D eigenvalue weighted by molar-refractivity contribution is 5.75. The summed E-state index contributed by atoms with van der Waals surface area (Å²) in [6.45, 7) is 7.15. The van der Waals surface area contributed by atoms with Crippen molar-refractivity contribution >= 4 is 11.6 Å². The van der Waals surface area contributed by atoms with Gasteiger partial charge in [0.05, 0.1) is 17.3 Å². The molecule has 0 radical (unpaired) electrons. The van der Waals surface area contributed by atoms with Crippen molar-refractivity contribution in [3.05, 3.63) is 48.5 Å². The fraction of sp³-hybridized carbons (Fsp3) is 0.455. The van der Waals surface area contributed by atoms with Gasteiger partial charge >= 0.3 is 6.09 Å². The van der Waals surface area contributed by atoms with E-state index in [4.69, 9.17) is 9.72 Å². The minimum atomic E-state index is -0.472. The standard InChI is InChI=1S/C22H27N5O2/c1-22(2,3)29-21(28)26-11-6-7-16(15-26)13-17-9-10-23-20(25-17)18-14-24-27-12-5-4-8-19(18)27/h4-5,8-10,12,14,16H,6-7,11,13,15H2,1-3H3/t16-/m0/s1. The van der Waals surface area contributed by atoms with Crippen LogP contribution in [0, 0.1) is 5.92 Å². The molecule has 0 unspecified atom stereocenters. The summed E-state index contributed by atoms with van der Waals surface area (Å²) in [6, 6.07) is 7.90. The monoisotopic (exact) mass is 393 g/mol. The van der Waals surface area contributed by atoms with Gasteiger partial charge in [-0.25, -0.2) is 19.3 Å². The smallest absolute Gasteiger partial charge is 0.410 e. The molecule has 0 spiro atoms. The van der Waals surface area contributed by atoms with Gasteiger partial charge in [-0.2, -0.15) is 5.10 Å². The first kappa shape index (κ1) is 19.4. The van der Waals surface area contributed by atoms with Crippen LogP contribution in [0.5, 0.6) is 0 Å². The fourth-order valence-electron chi connectivity index (χ4n) is 3.77. The predicted octanol–water partition coefficient (Wildman–Crippen LogP) is 3.98. The van der Waals surface area contributed by atoms with Crippen LogP contribution in [0.4, 0.5) is 4.79 Å². The first-order valence-corrected chi connectivity index (χ1v) is 10.1. The molecule has 1 saturated heterocycles. The van der Waals surface area contributed by atoms with E-state index in [1.165, 1.54) is 0 Å². The summed E-state index contributed by atoms with van der Waals surface area (Å²) in [5, 5.41) is 4.38. The average molecular weight is 393 g/mol. The number of rotatable bonds is 3. The molecule has 4 rings (SSSR count). The maximum Gasteiger partial charge on any atom is 0.410 e. The van der Waals surface area contributed by atoms with Crippen molar-refractivity contribution < 1.29 is 9.53 Å². The molecule has 1 atom stereocenters. The number of carbonyl (C=O) groups is 1. The number of hydrogen-bond acceptors (Lipinski definition) is 5. The lowest BCUT2D eigenvalue weighted by Crippen LogP contribution is -2.43. The number of likely N-dealkylation sites (tertiary alicyclic amines) is 1. The van der Waals surface area contributed by atoms with E-state index in [0.717, 1.165) is 42.6 Å². The Balaban J connectivity index is 1.47. The van der Waals surface area contributed by atoms with Crippen LogP contribution < -0.4 is 0 Å². The minimum absolute atomic E-state index is 0.225. The number of aromatic nitrogens is 4. The van der Waals surface area contributed by atoms with Crippen LogP contribution in [0.15, 0.2) is 42.9 Å². The normalized spacial score (nSPS) is 17.5. The Hall–Kier alpha value is -2.96. The molecule has 0 aromatic carbocycles. The van der Waals surface area contributed by atoms with E-state index in [1.807, 2.05) is 60.6 Å². The maximum atomic E-state index is 12.4. The second kappa shape index (κ2) is 7.81. The Labute approximate surface area is 170 Å². The summed E-state index contributed by atoms with van der Waals surface area (Å²) < 4.78 is 7.36. The van der Waals surface area contributed by atoms with Gasteiger partial charge in [-0.05, 0) is 64.2 Å². The zero-order chi connectivity index (χ0) is 20.4. The predicted molar refractivity (Wildman–Crippen MR) is 110 cm³/mol. The van der Waals surface area contributed by atoms with E-state index in [0.29, 0.717) is 18.3 Å². The zero-order valence-electron chi connectivity index (χ0n) is 17.2. The van der Waals surface area contributed by atoms with E-state index in [-0.39, 0.29) is 6.09 Å². The Bertz CT molecular complexity index is 1010. The highest BCUT2D eigenvalue weighted by atomic mass is 16.6. The summed E-state index contributed by atoms with van der Waals surface area (Å²) in [4.78, 5) is 23.5. The lowest BCUT2D eigenvalue weighted by Gasteiger charge is -2.34. The number of amides is 1. The Morgan fingerprint density at radius 3 is 2.97 bits per heavy atom. The highest BCUT2D eigenvalue weighted by Crippen LogP contribution is 2.24. The molecule has 1 amide bonds. The van der Waals surface area contributed by atoms with Crippen molar-refractivity contribution in [2.24, 2.45) is 5.92 Å². The van der Waals surface area contributed by atoms with Gasteiger partial charge in [0.25, 0.3) is 0 Å². The first-order chi connectivity index (χ1) is 13.9. The topological polar surface area (TPSA) is 72.6 Å². The summed E-state index contributed by atoms with van der Waals surface area (Å²) in [7, 11) is 0. The Morgan fingerprint density at radius 1 is 1.28 bits per heavy atom. The van der Waals surface area contributed by atoms with Crippen LogP contribution in [0.25, 0.3) is 16.9 Å². The average Bonchev–Trinajstić information content (AvgIpc) is 3.11. The Morgan fingerprint density at radius 2 is 2.14 bits per heavy atom.